The summed E-state index contributed by atoms with van der Waals surface area (Å²) in [6.45, 7) is 2.51. The third-order valence-corrected chi connectivity index (χ3v) is 4.21. The van der Waals surface area contributed by atoms with Crippen LogP contribution >= 0.6 is 0 Å². The Morgan fingerprint density at radius 2 is 2.13 bits per heavy atom. The van der Waals surface area contributed by atoms with Crippen LogP contribution in [0.2, 0.25) is 0 Å². The number of hydrogen-bond donors (Lipinski definition) is 1. The molecule has 1 atom stereocenters. The summed E-state index contributed by atoms with van der Waals surface area (Å²) in [5, 5.41) is 1.12. The first-order valence-corrected chi connectivity index (χ1v) is 7.84. The molecule has 23 heavy (non-hydrogen) atoms. The van der Waals surface area contributed by atoms with Crippen LogP contribution in [-0.4, -0.2) is 34.1 Å². The van der Waals surface area contributed by atoms with E-state index in [2.05, 4.69) is 27.0 Å². The average Bonchev–Trinajstić information content (AvgIpc) is 3.18. The van der Waals surface area contributed by atoms with Gasteiger partial charge in [-0.05, 0) is 36.8 Å². The lowest BCUT2D eigenvalue weighted by Gasteiger charge is -2.17. The van der Waals surface area contributed by atoms with E-state index in [4.69, 9.17) is 4.74 Å². The fourth-order valence-electron chi connectivity index (χ4n) is 3.04. The Hall–Kier alpha value is -2.40. The molecule has 0 spiro atoms. The van der Waals surface area contributed by atoms with Gasteiger partial charge in [0.2, 0.25) is 0 Å². The quantitative estimate of drug-likeness (QED) is 0.803. The first-order valence-electron chi connectivity index (χ1n) is 7.84. The van der Waals surface area contributed by atoms with Gasteiger partial charge < -0.3 is 9.72 Å². The van der Waals surface area contributed by atoms with E-state index in [1.165, 1.54) is 6.07 Å². The second kappa shape index (κ2) is 6.01. The summed E-state index contributed by atoms with van der Waals surface area (Å²) in [6, 6.07) is 12.7. The van der Waals surface area contributed by atoms with Crippen LogP contribution in [0.3, 0.4) is 0 Å². The number of nitrogens with zero attached hydrogens (tertiary/aromatic N) is 2. The molecule has 0 aliphatic carbocycles. The van der Waals surface area contributed by atoms with Crippen LogP contribution in [0.4, 0.5) is 4.39 Å². The number of para-hydroxylation sites is 1. The Labute approximate surface area is 133 Å². The Kier molecular flexibility index (Phi) is 3.71. The van der Waals surface area contributed by atoms with E-state index in [0.717, 1.165) is 42.8 Å². The second-order valence-electron chi connectivity index (χ2n) is 5.91. The molecule has 0 bridgehead atoms. The minimum Gasteiger partial charge on any atom is -0.486 e. The van der Waals surface area contributed by atoms with Crippen molar-refractivity contribution in [3.05, 3.63) is 60.2 Å². The van der Waals surface area contributed by atoms with Crippen molar-refractivity contribution >= 4 is 11.0 Å². The van der Waals surface area contributed by atoms with Crippen LogP contribution < -0.4 is 4.74 Å². The first-order chi connectivity index (χ1) is 11.3. The lowest BCUT2D eigenvalue weighted by atomic mass is 10.3. The maximum Gasteiger partial charge on any atom is 0.165 e. The summed E-state index contributed by atoms with van der Waals surface area (Å²) < 4.78 is 19.4. The predicted molar refractivity (Wildman–Crippen MR) is 86.8 cm³/mol. The molecule has 2 aromatic heterocycles. The average molecular weight is 311 g/mol. The molecule has 118 valence electrons. The Morgan fingerprint density at radius 1 is 1.22 bits per heavy atom. The number of H-pyrrole nitrogens is 1. The van der Waals surface area contributed by atoms with Crippen molar-refractivity contribution in [2.75, 3.05) is 13.1 Å². The molecule has 4 rings (SSSR count). The van der Waals surface area contributed by atoms with Gasteiger partial charge in [-0.15, -0.1) is 0 Å². The van der Waals surface area contributed by atoms with E-state index in [-0.39, 0.29) is 11.9 Å². The number of aromatic nitrogens is 2. The third kappa shape index (κ3) is 3.05. The molecular formula is C18H18FN3O. The standard InChI is InChI=1S/C18H18FN3O/c19-16-3-1-2-4-17(16)23-15-8-10-22(12-15)11-14-6-5-13-7-9-20-18(13)21-14/h1-7,9,15H,8,10-12H2,(H,20,21). The highest BCUT2D eigenvalue weighted by atomic mass is 19.1. The zero-order valence-corrected chi connectivity index (χ0v) is 12.7. The van der Waals surface area contributed by atoms with Gasteiger partial charge >= 0.3 is 0 Å². The molecule has 3 heterocycles. The second-order valence-corrected chi connectivity index (χ2v) is 5.91. The van der Waals surface area contributed by atoms with E-state index >= 15 is 0 Å². The van der Waals surface area contributed by atoms with Crippen LogP contribution in [0, 0.1) is 5.82 Å². The fourth-order valence-corrected chi connectivity index (χ4v) is 3.04. The van der Waals surface area contributed by atoms with Crippen molar-refractivity contribution in [1.82, 2.24) is 14.9 Å². The third-order valence-electron chi connectivity index (χ3n) is 4.21. The Morgan fingerprint density at radius 3 is 3.04 bits per heavy atom. The molecule has 1 N–H and O–H groups in total. The summed E-state index contributed by atoms with van der Waals surface area (Å²) in [5.41, 5.74) is 1.95. The number of benzene rings is 1. The van der Waals surface area contributed by atoms with Gasteiger partial charge in [0.25, 0.3) is 0 Å². The van der Waals surface area contributed by atoms with Gasteiger partial charge in [0, 0.05) is 31.2 Å². The number of nitrogens with one attached hydrogen (secondary N) is 1. The predicted octanol–water partition coefficient (Wildman–Crippen LogP) is 3.36. The van der Waals surface area contributed by atoms with E-state index in [1.807, 2.05) is 12.3 Å². The largest absolute Gasteiger partial charge is 0.486 e. The van der Waals surface area contributed by atoms with E-state index < -0.39 is 0 Å². The number of pyridine rings is 1. The first kappa shape index (κ1) is 14.2. The van der Waals surface area contributed by atoms with Gasteiger partial charge in [0.1, 0.15) is 11.8 Å². The zero-order valence-electron chi connectivity index (χ0n) is 12.7. The van der Waals surface area contributed by atoms with Crippen LogP contribution in [0.1, 0.15) is 12.1 Å². The monoisotopic (exact) mass is 311 g/mol. The minimum atomic E-state index is -0.301. The number of ether oxygens (including phenoxy) is 1. The number of halogens is 1. The van der Waals surface area contributed by atoms with E-state index in [9.17, 15) is 4.39 Å². The summed E-state index contributed by atoms with van der Waals surface area (Å²) in [5.74, 6) is 0.0371. The van der Waals surface area contributed by atoms with Crippen molar-refractivity contribution in [3.63, 3.8) is 0 Å². The van der Waals surface area contributed by atoms with E-state index in [0.29, 0.717) is 5.75 Å². The molecular weight excluding hydrogens is 293 g/mol. The molecule has 0 amide bonds. The van der Waals surface area contributed by atoms with Crippen molar-refractivity contribution < 1.29 is 9.13 Å². The number of fused-ring (bicyclic) bond motifs is 1. The smallest absolute Gasteiger partial charge is 0.165 e. The normalized spacial score (nSPS) is 18.6. The summed E-state index contributed by atoms with van der Waals surface area (Å²) >= 11 is 0. The maximum atomic E-state index is 13.7. The van der Waals surface area contributed by atoms with Crippen molar-refractivity contribution in [2.45, 2.75) is 19.1 Å². The number of rotatable bonds is 4. The topological polar surface area (TPSA) is 41.1 Å². The van der Waals surface area contributed by atoms with Crippen LogP contribution in [-0.2, 0) is 6.54 Å². The SMILES string of the molecule is Fc1ccccc1OC1CCN(Cc2ccc3cc[nH]c3n2)C1. The molecule has 0 radical (unpaired) electrons. The molecule has 1 aliphatic rings. The summed E-state index contributed by atoms with van der Waals surface area (Å²) in [7, 11) is 0. The molecule has 1 aliphatic heterocycles. The summed E-state index contributed by atoms with van der Waals surface area (Å²) in [4.78, 5) is 10.1. The van der Waals surface area contributed by atoms with Crippen molar-refractivity contribution in [3.8, 4) is 5.75 Å². The van der Waals surface area contributed by atoms with Gasteiger partial charge in [0.05, 0.1) is 5.69 Å². The van der Waals surface area contributed by atoms with Gasteiger partial charge in [-0.3, -0.25) is 4.90 Å². The van der Waals surface area contributed by atoms with Crippen molar-refractivity contribution in [2.24, 2.45) is 0 Å². The van der Waals surface area contributed by atoms with Gasteiger partial charge in [-0.25, -0.2) is 9.37 Å². The number of hydrogen-bond acceptors (Lipinski definition) is 3. The lowest BCUT2D eigenvalue weighted by Crippen LogP contribution is -2.25. The van der Waals surface area contributed by atoms with Gasteiger partial charge in [-0.1, -0.05) is 12.1 Å². The molecule has 4 nitrogen and oxygen atoms in total. The molecule has 0 saturated carbocycles. The molecule has 1 fully saturated rings. The fraction of sp³-hybridized carbons (Fsp3) is 0.278. The minimum absolute atomic E-state index is 0.0288. The molecule has 1 saturated heterocycles. The highest BCUT2D eigenvalue weighted by Gasteiger charge is 2.25. The van der Waals surface area contributed by atoms with E-state index in [1.54, 1.807) is 18.2 Å². The molecule has 1 unspecified atom stereocenters. The number of likely N-dealkylation sites (tertiary alicyclic amines) is 1. The molecule has 5 heteroatoms. The maximum absolute atomic E-state index is 13.7. The highest BCUT2D eigenvalue weighted by molar-refractivity contribution is 5.75. The Balaban J connectivity index is 1.39. The molecule has 1 aromatic carbocycles. The summed E-state index contributed by atoms with van der Waals surface area (Å²) in [6.07, 6.45) is 2.83. The van der Waals surface area contributed by atoms with Gasteiger partial charge in [-0.2, -0.15) is 0 Å². The zero-order chi connectivity index (χ0) is 15.6. The molecule has 3 aromatic rings. The Bertz CT molecular complexity index is 817. The van der Waals surface area contributed by atoms with Crippen LogP contribution in [0.25, 0.3) is 11.0 Å². The van der Waals surface area contributed by atoms with Crippen LogP contribution in [0.15, 0.2) is 48.7 Å². The van der Waals surface area contributed by atoms with Gasteiger partial charge in [0.15, 0.2) is 11.6 Å². The number of aromatic amines is 1. The highest BCUT2D eigenvalue weighted by Crippen LogP contribution is 2.22. The van der Waals surface area contributed by atoms with Crippen molar-refractivity contribution in [1.29, 1.82) is 0 Å². The lowest BCUT2D eigenvalue weighted by molar-refractivity contribution is 0.190. The van der Waals surface area contributed by atoms with Crippen LogP contribution in [0.5, 0.6) is 5.75 Å².